The van der Waals surface area contributed by atoms with Gasteiger partial charge in [0.15, 0.2) is 0 Å². The molecule has 0 radical (unpaired) electrons. The average Bonchev–Trinajstić information content (AvgIpc) is 2.75. The number of carbonyl (C=O) groups excluding carboxylic acids is 2. The highest BCUT2D eigenvalue weighted by atomic mass is 19.1. The van der Waals surface area contributed by atoms with Crippen molar-refractivity contribution in [2.75, 3.05) is 19.6 Å². The van der Waals surface area contributed by atoms with Crippen LogP contribution in [-0.2, 0) is 4.79 Å². The molecule has 0 aliphatic heterocycles. The van der Waals surface area contributed by atoms with Crippen LogP contribution in [0.2, 0.25) is 0 Å². The van der Waals surface area contributed by atoms with Crippen molar-refractivity contribution < 1.29 is 48.4 Å². The van der Waals surface area contributed by atoms with E-state index in [2.05, 4.69) is 5.32 Å². The third kappa shape index (κ3) is 7.59. The van der Waals surface area contributed by atoms with Crippen LogP contribution in [0.15, 0.2) is 36.4 Å². The molecule has 0 fully saturated rings. The van der Waals surface area contributed by atoms with E-state index in [9.17, 15) is 28.3 Å². The van der Waals surface area contributed by atoms with Crippen molar-refractivity contribution in [2.24, 2.45) is 5.41 Å². The Kier molecular flexibility index (Phi) is 9.10. The summed E-state index contributed by atoms with van der Waals surface area (Å²) in [6, 6.07) is 5.97. The van der Waals surface area contributed by atoms with Gasteiger partial charge in [-0.2, -0.15) is 0 Å². The fourth-order valence-electron chi connectivity index (χ4n) is 3.29. The van der Waals surface area contributed by atoms with E-state index in [1.807, 2.05) is 0 Å². The largest absolute Gasteiger partial charge is 0.491 e. The first kappa shape index (κ1) is 27.9. The van der Waals surface area contributed by atoms with E-state index in [-0.39, 0.29) is 24.2 Å². The molecule has 10 nitrogen and oxygen atoms in total. The van der Waals surface area contributed by atoms with Crippen molar-refractivity contribution in [3.8, 4) is 0 Å². The van der Waals surface area contributed by atoms with E-state index in [4.69, 9.17) is 20.1 Å². The van der Waals surface area contributed by atoms with E-state index < -0.39 is 66.5 Å². The SMILES string of the molecule is CC(C)(CNC(=O)c1ccc(B(O)O)c(F)c1)CN(CC(=O)O)C(=O)c1ccc(B(O)O)c(F)c1. The molecule has 0 spiro atoms. The molecule has 0 aromatic heterocycles. The van der Waals surface area contributed by atoms with Gasteiger partial charge in [0.1, 0.15) is 18.2 Å². The summed E-state index contributed by atoms with van der Waals surface area (Å²) in [5.41, 5.74) is -2.05. The molecule has 35 heavy (non-hydrogen) atoms. The molecule has 0 heterocycles. The highest BCUT2D eigenvalue weighted by Crippen LogP contribution is 2.19. The molecule has 0 aliphatic carbocycles. The fraction of sp³-hybridized carbons (Fsp3) is 0.286. The van der Waals surface area contributed by atoms with Gasteiger partial charge in [0.05, 0.1) is 0 Å². The number of nitrogens with one attached hydrogen (secondary N) is 1. The molecule has 0 unspecified atom stereocenters. The molecule has 2 rings (SSSR count). The smallest absolute Gasteiger partial charge is 0.480 e. The van der Waals surface area contributed by atoms with Gasteiger partial charge in [0, 0.05) is 35.1 Å². The van der Waals surface area contributed by atoms with Gasteiger partial charge < -0.3 is 35.4 Å². The number of nitrogens with zero attached hydrogens (tertiary/aromatic N) is 1. The number of hydrogen-bond acceptors (Lipinski definition) is 7. The number of carboxylic acid groups (broad SMARTS) is 1. The molecule has 2 aromatic carbocycles. The molecular weight excluding hydrogens is 468 g/mol. The minimum atomic E-state index is -2.09. The molecule has 6 N–H and O–H groups in total. The van der Waals surface area contributed by atoms with Crippen LogP contribution in [0.5, 0.6) is 0 Å². The summed E-state index contributed by atoms with van der Waals surface area (Å²) in [5.74, 6) is -4.89. The Hall–Kier alpha value is -3.32. The van der Waals surface area contributed by atoms with Crippen molar-refractivity contribution in [1.29, 1.82) is 0 Å². The molecular formula is C21H24B2F2N2O8. The second-order valence-electron chi connectivity index (χ2n) is 8.62. The lowest BCUT2D eigenvalue weighted by molar-refractivity contribution is -0.138. The Morgan fingerprint density at radius 1 is 0.914 bits per heavy atom. The van der Waals surface area contributed by atoms with Gasteiger partial charge >= 0.3 is 20.2 Å². The monoisotopic (exact) mass is 492 g/mol. The topological polar surface area (TPSA) is 168 Å². The van der Waals surface area contributed by atoms with E-state index in [1.165, 1.54) is 6.07 Å². The van der Waals surface area contributed by atoms with Crippen molar-refractivity contribution in [1.82, 2.24) is 10.2 Å². The molecule has 2 aromatic rings. The Bertz CT molecular complexity index is 1110. The summed E-state index contributed by atoms with van der Waals surface area (Å²) in [7, 11) is -4.13. The van der Waals surface area contributed by atoms with Crippen LogP contribution in [0.4, 0.5) is 8.78 Å². The van der Waals surface area contributed by atoms with Crippen LogP contribution in [0.25, 0.3) is 0 Å². The zero-order chi connectivity index (χ0) is 26.5. The molecule has 0 saturated heterocycles. The highest BCUT2D eigenvalue weighted by molar-refractivity contribution is 6.59. The maximum absolute atomic E-state index is 14.1. The van der Waals surface area contributed by atoms with Crippen molar-refractivity contribution in [3.63, 3.8) is 0 Å². The lowest BCUT2D eigenvalue weighted by atomic mass is 9.79. The lowest BCUT2D eigenvalue weighted by Crippen LogP contribution is -2.46. The maximum atomic E-state index is 14.1. The highest BCUT2D eigenvalue weighted by Gasteiger charge is 2.29. The number of rotatable bonds is 10. The zero-order valence-electron chi connectivity index (χ0n) is 18.9. The molecule has 0 bridgehead atoms. The van der Waals surface area contributed by atoms with Gasteiger partial charge in [-0.3, -0.25) is 14.4 Å². The Morgan fingerprint density at radius 2 is 1.40 bits per heavy atom. The van der Waals surface area contributed by atoms with Crippen LogP contribution >= 0.6 is 0 Å². The third-order valence-corrected chi connectivity index (χ3v) is 5.03. The average molecular weight is 492 g/mol. The van der Waals surface area contributed by atoms with Gasteiger partial charge in [-0.1, -0.05) is 26.0 Å². The fourth-order valence-corrected chi connectivity index (χ4v) is 3.29. The first-order valence-corrected chi connectivity index (χ1v) is 10.3. The summed E-state index contributed by atoms with van der Waals surface area (Å²) >= 11 is 0. The normalized spacial score (nSPS) is 11.1. The quantitative estimate of drug-likeness (QED) is 0.214. The number of halogens is 2. The van der Waals surface area contributed by atoms with E-state index >= 15 is 0 Å². The van der Waals surface area contributed by atoms with Crippen LogP contribution in [0.1, 0.15) is 34.6 Å². The summed E-state index contributed by atoms with van der Waals surface area (Å²) in [6.45, 7) is 2.30. The minimum absolute atomic E-state index is 0.0643. The molecule has 14 heteroatoms. The van der Waals surface area contributed by atoms with Gasteiger partial charge in [-0.05, 0) is 29.7 Å². The summed E-state index contributed by atoms with van der Waals surface area (Å²) in [5, 5.41) is 48.2. The Balaban J connectivity index is 2.14. The number of benzene rings is 2. The summed E-state index contributed by atoms with van der Waals surface area (Å²) in [4.78, 5) is 37.5. The van der Waals surface area contributed by atoms with Crippen LogP contribution in [0.3, 0.4) is 0 Å². The van der Waals surface area contributed by atoms with Crippen LogP contribution < -0.4 is 16.2 Å². The Morgan fingerprint density at radius 3 is 1.86 bits per heavy atom. The number of amides is 2. The van der Waals surface area contributed by atoms with Gasteiger partial charge in [0.25, 0.3) is 11.8 Å². The second-order valence-corrected chi connectivity index (χ2v) is 8.62. The predicted molar refractivity (Wildman–Crippen MR) is 122 cm³/mol. The molecule has 0 aliphatic rings. The van der Waals surface area contributed by atoms with Gasteiger partial charge in [-0.25, -0.2) is 8.78 Å². The van der Waals surface area contributed by atoms with Crippen LogP contribution in [-0.4, -0.2) is 81.8 Å². The first-order valence-electron chi connectivity index (χ1n) is 10.3. The molecule has 186 valence electrons. The van der Waals surface area contributed by atoms with Gasteiger partial charge in [0.2, 0.25) is 0 Å². The number of carbonyl (C=O) groups is 3. The lowest BCUT2D eigenvalue weighted by Gasteiger charge is -2.32. The maximum Gasteiger partial charge on any atom is 0.491 e. The van der Waals surface area contributed by atoms with Crippen LogP contribution in [0, 0.1) is 17.0 Å². The molecule has 0 saturated carbocycles. The first-order chi connectivity index (χ1) is 16.2. The summed E-state index contributed by atoms with van der Waals surface area (Å²) in [6.07, 6.45) is 0. The molecule has 0 atom stereocenters. The van der Waals surface area contributed by atoms with Gasteiger partial charge in [-0.15, -0.1) is 0 Å². The third-order valence-electron chi connectivity index (χ3n) is 5.03. The number of carboxylic acids is 1. The predicted octanol–water partition coefficient (Wildman–Crippen LogP) is -1.69. The Labute approximate surface area is 200 Å². The van der Waals surface area contributed by atoms with Crippen molar-refractivity contribution in [2.45, 2.75) is 13.8 Å². The standard InChI is InChI=1S/C21H24B2F2N2O8/c1-21(2,10-26-19(30)12-3-5-14(22(32)33)16(24)7-12)11-27(9-18(28)29)20(31)13-4-6-15(23(34)35)17(25)8-13/h3-8,32-35H,9-11H2,1-2H3,(H,26,30)(H,28,29). The van der Waals surface area contributed by atoms with E-state index in [0.29, 0.717) is 0 Å². The van der Waals surface area contributed by atoms with Crippen molar-refractivity contribution >= 4 is 42.9 Å². The van der Waals surface area contributed by atoms with E-state index in [1.54, 1.807) is 13.8 Å². The zero-order valence-corrected chi connectivity index (χ0v) is 18.9. The second kappa shape index (κ2) is 11.4. The van der Waals surface area contributed by atoms with Crippen molar-refractivity contribution in [3.05, 3.63) is 59.2 Å². The van der Waals surface area contributed by atoms with E-state index in [0.717, 1.165) is 35.2 Å². The molecule has 2 amide bonds. The summed E-state index contributed by atoms with van der Waals surface area (Å²) < 4.78 is 28.0. The number of hydrogen-bond donors (Lipinski definition) is 6. The minimum Gasteiger partial charge on any atom is -0.480 e. The number of aliphatic carboxylic acids is 1.